The van der Waals surface area contributed by atoms with Crippen molar-refractivity contribution < 1.29 is 4.39 Å². The summed E-state index contributed by atoms with van der Waals surface area (Å²) in [4.78, 5) is 38.5. The Bertz CT molecular complexity index is 1490. The van der Waals surface area contributed by atoms with Gasteiger partial charge in [0.1, 0.15) is 5.82 Å². The molecular weight excluding hydrogens is 459 g/mol. The Kier molecular flexibility index (Phi) is 6.26. The van der Waals surface area contributed by atoms with Crippen LogP contribution in [0.3, 0.4) is 0 Å². The number of anilines is 1. The second kappa shape index (κ2) is 9.39. The number of fused-ring (bicyclic) bond motifs is 1. The van der Waals surface area contributed by atoms with E-state index in [0.29, 0.717) is 24.6 Å². The summed E-state index contributed by atoms with van der Waals surface area (Å²) in [6.45, 7) is 10.7. The first-order valence-electron chi connectivity index (χ1n) is 12.2. The minimum Gasteiger partial charge on any atom is -0.340 e. The van der Waals surface area contributed by atoms with Crippen LogP contribution in [0.15, 0.2) is 58.1 Å². The molecule has 0 bridgehead atoms. The van der Waals surface area contributed by atoms with E-state index in [-0.39, 0.29) is 28.9 Å². The van der Waals surface area contributed by atoms with E-state index in [9.17, 15) is 14.0 Å². The second-order valence-electron chi connectivity index (χ2n) is 10.4. The van der Waals surface area contributed by atoms with Gasteiger partial charge in [0.25, 0.3) is 5.56 Å². The topological polar surface area (TPSA) is 90.0 Å². The third kappa shape index (κ3) is 4.83. The molecule has 0 unspecified atom stereocenters. The molecule has 0 radical (unpaired) electrons. The van der Waals surface area contributed by atoms with E-state index in [0.717, 1.165) is 19.6 Å². The lowest BCUT2D eigenvalue weighted by Gasteiger charge is -2.35. The molecule has 1 saturated heterocycles. The van der Waals surface area contributed by atoms with Crippen LogP contribution in [0.2, 0.25) is 0 Å². The van der Waals surface area contributed by atoms with Gasteiger partial charge in [0, 0.05) is 38.3 Å². The van der Waals surface area contributed by atoms with Crippen LogP contribution in [-0.2, 0) is 18.5 Å². The number of H-pyrrole nitrogens is 2. The highest BCUT2D eigenvalue weighted by atomic mass is 19.1. The summed E-state index contributed by atoms with van der Waals surface area (Å²) in [6.07, 6.45) is 0. The molecule has 3 heterocycles. The van der Waals surface area contributed by atoms with Crippen LogP contribution in [0.4, 0.5) is 10.3 Å². The van der Waals surface area contributed by atoms with Crippen molar-refractivity contribution in [1.82, 2.24) is 24.4 Å². The number of aromatic nitrogens is 4. The number of piperazine rings is 1. The van der Waals surface area contributed by atoms with Crippen LogP contribution in [0.25, 0.3) is 11.2 Å². The van der Waals surface area contributed by atoms with E-state index in [1.165, 1.54) is 17.2 Å². The van der Waals surface area contributed by atoms with Crippen molar-refractivity contribution in [2.75, 3.05) is 31.1 Å². The molecule has 1 aliphatic heterocycles. The molecule has 2 aromatic carbocycles. The maximum atomic E-state index is 14.5. The zero-order valence-corrected chi connectivity index (χ0v) is 20.8. The zero-order chi connectivity index (χ0) is 25.4. The van der Waals surface area contributed by atoms with Crippen molar-refractivity contribution in [3.05, 3.63) is 91.9 Å². The largest absolute Gasteiger partial charge is 0.340 e. The van der Waals surface area contributed by atoms with Crippen molar-refractivity contribution in [2.45, 2.75) is 39.3 Å². The van der Waals surface area contributed by atoms with Gasteiger partial charge >= 0.3 is 5.69 Å². The van der Waals surface area contributed by atoms with Crippen molar-refractivity contribution >= 4 is 17.1 Å². The Morgan fingerprint density at radius 2 is 1.61 bits per heavy atom. The number of nitrogens with one attached hydrogen (secondary N) is 2. The molecule has 1 fully saturated rings. The average Bonchev–Trinajstić information content (AvgIpc) is 3.19. The molecule has 1 aliphatic rings. The Labute approximate surface area is 208 Å². The van der Waals surface area contributed by atoms with Crippen LogP contribution in [-0.4, -0.2) is 50.6 Å². The predicted molar refractivity (Wildman–Crippen MR) is 139 cm³/mol. The van der Waals surface area contributed by atoms with Gasteiger partial charge in [-0.2, -0.15) is 4.98 Å². The van der Waals surface area contributed by atoms with Gasteiger partial charge in [0.15, 0.2) is 11.2 Å². The van der Waals surface area contributed by atoms with Crippen LogP contribution in [0, 0.1) is 5.82 Å². The molecule has 188 valence electrons. The van der Waals surface area contributed by atoms with Crippen LogP contribution in [0.5, 0.6) is 0 Å². The Morgan fingerprint density at radius 3 is 2.28 bits per heavy atom. The van der Waals surface area contributed by atoms with Crippen LogP contribution >= 0.6 is 0 Å². The molecule has 2 aromatic heterocycles. The van der Waals surface area contributed by atoms with Gasteiger partial charge in [0.2, 0.25) is 5.95 Å². The van der Waals surface area contributed by atoms with Gasteiger partial charge in [-0.15, -0.1) is 0 Å². The van der Waals surface area contributed by atoms with E-state index >= 15 is 0 Å². The van der Waals surface area contributed by atoms with Crippen molar-refractivity contribution in [3.63, 3.8) is 0 Å². The summed E-state index contributed by atoms with van der Waals surface area (Å²) in [7, 11) is 0. The fourth-order valence-electron chi connectivity index (χ4n) is 4.72. The molecule has 4 aromatic rings. The monoisotopic (exact) mass is 490 g/mol. The molecule has 8 nitrogen and oxygen atoms in total. The Balaban J connectivity index is 1.37. The SMILES string of the molecule is CC(C)(C)c1ccc(CN2CCN(c3nc4[nH]c(=O)[nH]c(=O)c4n3Cc3ccccc3F)CC2)cc1. The molecular formula is C27H31FN6O2. The normalized spacial score (nSPS) is 15.1. The molecule has 0 aliphatic carbocycles. The lowest BCUT2D eigenvalue weighted by Crippen LogP contribution is -2.47. The van der Waals surface area contributed by atoms with Crippen LogP contribution < -0.4 is 16.1 Å². The average molecular weight is 491 g/mol. The van der Waals surface area contributed by atoms with Gasteiger partial charge < -0.3 is 4.90 Å². The highest BCUT2D eigenvalue weighted by molar-refractivity contribution is 5.74. The minimum atomic E-state index is -0.614. The molecule has 9 heteroatoms. The minimum absolute atomic E-state index is 0.129. The molecule has 0 spiro atoms. The first kappa shape index (κ1) is 24.0. The second-order valence-corrected chi connectivity index (χ2v) is 10.4. The van der Waals surface area contributed by atoms with Gasteiger partial charge in [-0.25, -0.2) is 9.18 Å². The standard InChI is InChI=1S/C27H31FN6O2/c1-27(2,3)20-10-8-18(9-11-20)16-32-12-14-33(15-13-32)26-30-23-22(24(35)31-25(36)29-23)34(26)17-19-6-4-5-7-21(19)28/h4-11H,12-17H2,1-3H3,(H2,29,31,35,36). The Hall–Kier alpha value is -3.72. The van der Waals surface area contributed by atoms with Gasteiger partial charge in [-0.05, 0) is 22.6 Å². The Morgan fingerprint density at radius 1 is 0.917 bits per heavy atom. The first-order chi connectivity index (χ1) is 17.2. The number of nitrogens with zero attached hydrogens (tertiary/aromatic N) is 4. The lowest BCUT2D eigenvalue weighted by molar-refractivity contribution is 0.248. The number of benzene rings is 2. The fourth-order valence-corrected chi connectivity index (χ4v) is 4.72. The molecule has 0 saturated carbocycles. The lowest BCUT2D eigenvalue weighted by atomic mass is 9.87. The molecule has 36 heavy (non-hydrogen) atoms. The number of rotatable bonds is 5. The molecule has 0 amide bonds. The first-order valence-corrected chi connectivity index (χ1v) is 12.2. The highest BCUT2D eigenvalue weighted by Crippen LogP contribution is 2.24. The molecule has 0 atom stereocenters. The number of hydrogen-bond acceptors (Lipinski definition) is 5. The third-order valence-electron chi connectivity index (χ3n) is 6.79. The summed E-state index contributed by atoms with van der Waals surface area (Å²) in [5.41, 5.74) is 2.44. The maximum absolute atomic E-state index is 14.5. The fraction of sp³-hybridized carbons (Fsp3) is 0.370. The smallest absolute Gasteiger partial charge is 0.327 e. The van der Waals surface area contributed by atoms with Gasteiger partial charge in [0.05, 0.1) is 6.54 Å². The van der Waals surface area contributed by atoms with Gasteiger partial charge in [-0.3, -0.25) is 24.2 Å². The zero-order valence-electron chi connectivity index (χ0n) is 20.8. The van der Waals surface area contributed by atoms with E-state index in [4.69, 9.17) is 0 Å². The number of imidazole rings is 1. The summed E-state index contributed by atoms with van der Waals surface area (Å²) in [5.74, 6) is 0.197. The van der Waals surface area contributed by atoms with Crippen LogP contribution in [0.1, 0.15) is 37.5 Å². The number of halogens is 1. The number of hydrogen-bond donors (Lipinski definition) is 2. The molecule has 5 rings (SSSR count). The number of aromatic amines is 2. The van der Waals surface area contributed by atoms with Crippen molar-refractivity contribution in [3.8, 4) is 0 Å². The van der Waals surface area contributed by atoms with Crippen molar-refractivity contribution in [2.24, 2.45) is 0 Å². The predicted octanol–water partition coefficient (Wildman–Crippen LogP) is 3.22. The summed E-state index contributed by atoms with van der Waals surface area (Å²) < 4.78 is 16.2. The highest BCUT2D eigenvalue weighted by Gasteiger charge is 2.25. The van der Waals surface area contributed by atoms with E-state index in [1.54, 1.807) is 22.8 Å². The quantitative estimate of drug-likeness (QED) is 0.448. The maximum Gasteiger partial charge on any atom is 0.327 e. The van der Waals surface area contributed by atoms with Gasteiger partial charge in [-0.1, -0.05) is 63.2 Å². The third-order valence-corrected chi connectivity index (χ3v) is 6.79. The molecule has 2 N–H and O–H groups in total. The van der Waals surface area contributed by atoms with E-state index < -0.39 is 11.2 Å². The summed E-state index contributed by atoms with van der Waals surface area (Å²) in [5, 5.41) is 0. The van der Waals surface area contributed by atoms with Crippen molar-refractivity contribution in [1.29, 1.82) is 0 Å². The summed E-state index contributed by atoms with van der Waals surface area (Å²) >= 11 is 0. The van der Waals surface area contributed by atoms with E-state index in [2.05, 4.69) is 69.8 Å². The summed E-state index contributed by atoms with van der Waals surface area (Å²) in [6, 6.07) is 15.3. The van der Waals surface area contributed by atoms with E-state index in [1.807, 2.05) is 0 Å².